The minimum Gasteiger partial charge on any atom is -0.476 e. The maximum absolute atomic E-state index is 11.8. The fourth-order valence-corrected chi connectivity index (χ4v) is 3.32. The maximum Gasteiger partial charge on any atom is 0.355 e. The van der Waals surface area contributed by atoms with Crippen LogP contribution in [0.3, 0.4) is 0 Å². The van der Waals surface area contributed by atoms with Crippen LogP contribution in [0.4, 0.5) is 0 Å². The minimum absolute atomic E-state index is 0.100. The molecule has 6 nitrogen and oxygen atoms in total. The molecule has 0 spiro atoms. The number of carboxylic acid groups (broad SMARTS) is 1. The van der Waals surface area contributed by atoms with Crippen LogP contribution in [-0.2, 0) is 14.6 Å². The molecule has 2 aliphatic heterocycles. The second-order valence-electron chi connectivity index (χ2n) is 4.15. The molecule has 0 bridgehead atoms. The highest BCUT2D eigenvalue weighted by Crippen LogP contribution is 2.20. The molecule has 94 valence electrons. The molecule has 2 aliphatic rings. The van der Waals surface area contributed by atoms with Crippen molar-refractivity contribution >= 4 is 21.0 Å². The first-order valence-corrected chi connectivity index (χ1v) is 7.09. The van der Waals surface area contributed by atoms with Gasteiger partial charge in [0.1, 0.15) is 0 Å². The number of likely N-dealkylation sites (tertiary alicyclic amines) is 1. The normalized spacial score (nSPS) is 23.9. The lowest BCUT2D eigenvalue weighted by molar-refractivity contribution is -0.132. The Bertz CT molecular complexity index is 484. The molecule has 0 atom stereocenters. The molecule has 2 rings (SSSR count). The van der Waals surface area contributed by atoms with Gasteiger partial charge >= 0.3 is 5.97 Å². The molecule has 1 saturated heterocycles. The topological polar surface area (TPSA) is 87.0 Å². The molecule has 0 aliphatic carbocycles. The van der Waals surface area contributed by atoms with E-state index < -0.39 is 21.5 Å². The first-order chi connectivity index (χ1) is 8.00. The van der Waals surface area contributed by atoms with Gasteiger partial charge in [0.05, 0.1) is 5.41 Å². The number of carbonyl (C=O) groups is 1. The number of hydrogen-bond donors (Lipinski definition) is 1. The fraction of sp³-hybridized carbons (Fsp3) is 0.600. The van der Waals surface area contributed by atoms with E-state index in [1.54, 1.807) is 4.90 Å². The van der Waals surface area contributed by atoms with E-state index >= 15 is 0 Å². The monoisotopic (exact) mass is 258 g/mol. The van der Waals surface area contributed by atoms with E-state index in [1.807, 2.05) is 0 Å². The second-order valence-corrected chi connectivity index (χ2v) is 5.84. The number of amidine groups is 1. The van der Waals surface area contributed by atoms with Crippen molar-refractivity contribution in [3.05, 3.63) is 11.1 Å². The summed E-state index contributed by atoms with van der Waals surface area (Å²) in [6, 6.07) is 0. The van der Waals surface area contributed by atoms with Crippen LogP contribution in [0.15, 0.2) is 16.1 Å². The van der Waals surface area contributed by atoms with E-state index in [2.05, 4.69) is 4.99 Å². The van der Waals surface area contributed by atoms with Crippen LogP contribution in [0.1, 0.15) is 25.7 Å². The van der Waals surface area contributed by atoms with Crippen LogP contribution in [-0.4, -0.2) is 42.7 Å². The first-order valence-electron chi connectivity index (χ1n) is 5.54. The zero-order chi connectivity index (χ0) is 12.5. The molecule has 7 heteroatoms. The van der Waals surface area contributed by atoms with Gasteiger partial charge in [-0.25, -0.2) is 18.2 Å². The lowest BCUT2D eigenvalue weighted by Gasteiger charge is -2.20. The van der Waals surface area contributed by atoms with Gasteiger partial charge in [-0.15, -0.1) is 0 Å². The molecule has 0 aromatic heterocycles. The van der Waals surface area contributed by atoms with Crippen molar-refractivity contribution in [2.75, 3.05) is 13.1 Å². The molecule has 0 aromatic carbocycles. The van der Waals surface area contributed by atoms with Gasteiger partial charge in [-0.05, 0) is 12.8 Å². The summed E-state index contributed by atoms with van der Waals surface area (Å²) in [6.45, 7) is 1.25. The van der Waals surface area contributed by atoms with Crippen LogP contribution < -0.4 is 0 Å². The fourth-order valence-electron chi connectivity index (χ4n) is 2.00. The zero-order valence-corrected chi connectivity index (χ0v) is 10.1. The molecule has 0 amide bonds. The van der Waals surface area contributed by atoms with Crippen LogP contribution >= 0.6 is 0 Å². The molecular formula is C10H14N2O4S. The summed E-state index contributed by atoms with van der Waals surface area (Å²) in [7, 11) is -3.66. The van der Waals surface area contributed by atoms with Gasteiger partial charge in [0.25, 0.3) is 0 Å². The summed E-state index contributed by atoms with van der Waals surface area (Å²) < 4.78 is 23.6. The summed E-state index contributed by atoms with van der Waals surface area (Å²) in [4.78, 5) is 16.1. The van der Waals surface area contributed by atoms with Gasteiger partial charge in [0, 0.05) is 13.1 Å². The third-order valence-electron chi connectivity index (χ3n) is 2.83. The van der Waals surface area contributed by atoms with Crippen molar-refractivity contribution in [1.29, 1.82) is 0 Å². The zero-order valence-electron chi connectivity index (χ0n) is 9.29. The van der Waals surface area contributed by atoms with Crippen LogP contribution in [0.25, 0.3) is 0 Å². The van der Waals surface area contributed by atoms with Crippen LogP contribution in [0.2, 0.25) is 0 Å². The van der Waals surface area contributed by atoms with Gasteiger partial charge in [0.15, 0.2) is 5.70 Å². The van der Waals surface area contributed by atoms with E-state index in [1.165, 1.54) is 0 Å². The van der Waals surface area contributed by atoms with Crippen molar-refractivity contribution in [3.8, 4) is 0 Å². The lowest BCUT2D eigenvalue weighted by atomic mass is 10.2. The van der Waals surface area contributed by atoms with Gasteiger partial charge in [0.2, 0.25) is 15.0 Å². The van der Waals surface area contributed by atoms with E-state index in [4.69, 9.17) is 5.11 Å². The third kappa shape index (κ3) is 2.49. The number of sulfone groups is 1. The summed E-state index contributed by atoms with van der Waals surface area (Å²) in [5.41, 5.74) is -0.399. The van der Waals surface area contributed by atoms with Crippen molar-refractivity contribution in [2.45, 2.75) is 25.7 Å². The van der Waals surface area contributed by atoms with Crippen molar-refractivity contribution in [2.24, 2.45) is 4.99 Å². The largest absolute Gasteiger partial charge is 0.476 e. The van der Waals surface area contributed by atoms with Crippen LogP contribution in [0, 0.1) is 0 Å². The number of aliphatic imine (C=N–C) groups is 1. The molecule has 2 heterocycles. The van der Waals surface area contributed by atoms with Gasteiger partial charge in [-0.2, -0.15) is 0 Å². The molecule has 0 radical (unpaired) electrons. The Morgan fingerprint density at radius 2 is 1.82 bits per heavy atom. The quantitative estimate of drug-likeness (QED) is 0.743. The van der Waals surface area contributed by atoms with Gasteiger partial charge < -0.3 is 10.0 Å². The lowest BCUT2D eigenvalue weighted by Crippen LogP contribution is -2.35. The highest BCUT2D eigenvalue weighted by atomic mass is 32.2. The van der Waals surface area contributed by atoms with E-state index in [0.717, 1.165) is 31.1 Å². The van der Waals surface area contributed by atoms with Gasteiger partial charge in [-0.1, -0.05) is 12.8 Å². The maximum atomic E-state index is 11.8. The number of nitrogens with zero attached hydrogens (tertiary/aromatic N) is 2. The molecule has 17 heavy (non-hydrogen) atoms. The minimum atomic E-state index is -3.66. The smallest absolute Gasteiger partial charge is 0.355 e. The Morgan fingerprint density at radius 3 is 2.29 bits per heavy atom. The number of hydrogen-bond acceptors (Lipinski definition) is 5. The predicted molar refractivity (Wildman–Crippen MR) is 62.1 cm³/mol. The highest BCUT2D eigenvalue weighted by molar-refractivity contribution is 8.09. The SMILES string of the molecule is O=C(O)C1=CS(=O)(=O)C(N2CCCCCC2)=N1. The predicted octanol–water partition coefficient (Wildman–Crippen LogP) is 0.573. The Morgan fingerprint density at radius 1 is 1.24 bits per heavy atom. The average Bonchev–Trinajstić information content (AvgIpc) is 2.46. The van der Waals surface area contributed by atoms with E-state index in [0.29, 0.717) is 13.1 Å². The molecule has 0 unspecified atom stereocenters. The Hall–Kier alpha value is -1.37. The van der Waals surface area contributed by atoms with Crippen molar-refractivity contribution in [3.63, 3.8) is 0 Å². The molecule has 1 fully saturated rings. The van der Waals surface area contributed by atoms with Gasteiger partial charge in [-0.3, -0.25) is 0 Å². The summed E-state index contributed by atoms with van der Waals surface area (Å²) in [5, 5.41) is 9.39. The van der Waals surface area contributed by atoms with Crippen molar-refractivity contribution in [1.82, 2.24) is 4.90 Å². The standard InChI is InChI=1S/C10H14N2O4S/c13-9(14)8-7-17(15,16)10(11-8)12-5-3-1-2-4-6-12/h7H,1-6H2,(H,13,14). The summed E-state index contributed by atoms with van der Waals surface area (Å²) in [6.07, 6.45) is 3.97. The number of rotatable bonds is 1. The Kier molecular flexibility index (Phi) is 3.19. The molecule has 0 saturated carbocycles. The average molecular weight is 258 g/mol. The second kappa shape index (κ2) is 4.48. The van der Waals surface area contributed by atoms with Crippen molar-refractivity contribution < 1.29 is 18.3 Å². The molecule has 1 N–H and O–H groups in total. The van der Waals surface area contributed by atoms with E-state index in [-0.39, 0.29) is 5.17 Å². The van der Waals surface area contributed by atoms with Crippen LogP contribution in [0.5, 0.6) is 0 Å². The summed E-state index contributed by atoms with van der Waals surface area (Å²) in [5.74, 6) is -1.31. The Balaban J connectivity index is 2.27. The summed E-state index contributed by atoms with van der Waals surface area (Å²) >= 11 is 0. The third-order valence-corrected chi connectivity index (χ3v) is 4.23. The first kappa shape index (κ1) is 12.1. The number of carboxylic acids is 1. The Labute approximate surface area is 99.6 Å². The van der Waals surface area contributed by atoms with E-state index in [9.17, 15) is 13.2 Å². The molecule has 0 aromatic rings. The highest BCUT2D eigenvalue weighted by Gasteiger charge is 2.32. The number of aliphatic carboxylic acids is 1. The molecular weight excluding hydrogens is 244 g/mol.